The highest BCUT2D eigenvalue weighted by Crippen LogP contribution is 2.17. The molecule has 0 spiro atoms. The minimum Gasteiger partial charge on any atom is -0.341 e. The Balaban J connectivity index is 1.46. The largest absolute Gasteiger partial charge is 0.341 e. The quantitative estimate of drug-likeness (QED) is 0.872. The normalized spacial score (nSPS) is 13.5. The predicted molar refractivity (Wildman–Crippen MR) is 97.0 cm³/mol. The lowest BCUT2D eigenvalue weighted by Crippen LogP contribution is -2.31. The lowest BCUT2D eigenvalue weighted by Gasteiger charge is -2.26. The Hall–Kier alpha value is -2.28. The number of hydrogen-bond acceptors (Lipinski definition) is 2. The zero-order valence-electron chi connectivity index (χ0n) is 13.4. The van der Waals surface area contributed by atoms with E-state index >= 15 is 0 Å². The van der Waals surface area contributed by atoms with Crippen LogP contribution in [0.1, 0.15) is 21.5 Å². The summed E-state index contributed by atoms with van der Waals surface area (Å²) >= 11 is 6.00. The first-order chi connectivity index (χ1) is 11.7. The molecule has 1 N–H and O–H groups in total. The van der Waals surface area contributed by atoms with Crippen LogP contribution in [0.2, 0.25) is 5.02 Å². The van der Waals surface area contributed by atoms with Crippen LogP contribution in [0.3, 0.4) is 0 Å². The van der Waals surface area contributed by atoms with Crippen molar-refractivity contribution in [2.24, 2.45) is 0 Å². The van der Waals surface area contributed by atoms with Gasteiger partial charge in [-0.15, -0.1) is 0 Å². The van der Waals surface area contributed by atoms with Crippen molar-refractivity contribution in [3.8, 4) is 11.8 Å². The van der Waals surface area contributed by atoms with Crippen molar-refractivity contribution in [2.45, 2.75) is 13.0 Å². The fourth-order valence-corrected chi connectivity index (χ4v) is 3.01. The Morgan fingerprint density at radius 2 is 1.83 bits per heavy atom. The summed E-state index contributed by atoms with van der Waals surface area (Å²) in [7, 11) is 0. The summed E-state index contributed by atoms with van der Waals surface area (Å²) < 4.78 is 0. The molecule has 0 radical (unpaired) electrons. The molecule has 0 saturated heterocycles. The van der Waals surface area contributed by atoms with E-state index in [1.165, 1.54) is 11.1 Å². The number of fused-ring (bicyclic) bond motifs is 1. The van der Waals surface area contributed by atoms with Crippen molar-refractivity contribution in [1.29, 1.82) is 0 Å². The molecule has 122 valence electrons. The molecule has 2 aromatic carbocycles. The van der Waals surface area contributed by atoms with Crippen LogP contribution in [0.5, 0.6) is 0 Å². The van der Waals surface area contributed by atoms with E-state index in [1.807, 2.05) is 0 Å². The number of nitrogens with one attached hydrogen (secondary N) is 1. The van der Waals surface area contributed by atoms with Crippen LogP contribution in [-0.2, 0) is 13.0 Å². The average molecular weight is 339 g/mol. The van der Waals surface area contributed by atoms with E-state index in [9.17, 15) is 4.79 Å². The van der Waals surface area contributed by atoms with E-state index in [4.69, 9.17) is 11.6 Å². The zero-order valence-corrected chi connectivity index (χ0v) is 14.1. The minimum atomic E-state index is -0.193. The number of benzene rings is 2. The SMILES string of the molecule is O=C(NCC#CCN1CCc2ccccc2C1)c1ccccc1Cl. The molecule has 0 unspecified atom stereocenters. The Kier molecular flexibility index (Phi) is 5.53. The molecular weight excluding hydrogens is 320 g/mol. The Morgan fingerprint density at radius 1 is 1.08 bits per heavy atom. The first-order valence-corrected chi connectivity index (χ1v) is 8.39. The fourth-order valence-electron chi connectivity index (χ4n) is 2.78. The van der Waals surface area contributed by atoms with Crippen LogP contribution in [-0.4, -0.2) is 30.4 Å². The molecule has 0 atom stereocenters. The average Bonchev–Trinajstić information content (AvgIpc) is 2.61. The van der Waals surface area contributed by atoms with Gasteiger partial charge in [0.05, 0.1) is 23.7 Å². The van der Waals surface area contributed by atoms with Gasteiger partial charge in [0.1, 0.15) is 0 Å². The second-order valence-electron chi connectivity index (χ2n) is 5.75. The predicted octanol–water partition coefficient (Wildman–Crippen LogP) is 3.13. The monoisotopic (exact) mass is 338 g/mol. The van der Waals surface area contributed by atoms with Crippen molar-refractivity contribution < 1.29 is 4.79 Å². The van der Waals surface area contributed by atoms with Crippen molar-refractivity contribution in [3.63, 3.8) is 0 Å². The number of halogens is 1. The third kappa shape index (κ3) is 4.17. The van der Waals surface area contributed by atoms with E-state index in [-0.39, 0.29) is 5.91 Å². The highest BCUT2D eigenvalue weighted by molar-refractivity contribution is 6.33. The molecule has 0 bridgehead atoms. The fraction of sp³-hybridized carbons (Fsp3) is 0.250. The van der Waals surface area contributed by atoms with E-state index < -0.39 is 0 Å². The van der Waals surface area contributed by atoms with Crippen LogP contribution in [0.15, 0.2) is 48.5 Å². The van der Waals surface area contributed by atoms with Gasteiger partial charge in [0.25, 0.3) is 5.91 Å². The zero-order chi connectivity index (χ0) is 16.8. The highest BCUT2D eigenvalue weighted by Gasteiger charge is 2.14. The molecule has 1 aliphatic rings. The van der Waals surface area contributed by atoms with Gasteiger partial charge in [0.15, 0.2) is 0 Å². The number of rotatable bonds is 3. The first-order valence-electron chi connectivity index (χ1n) is 8.01. The smallest absolute Gasteiger partial charge is 0.253 e. The van der Waals surface area contributed by atoms with Gasteiger partial charge in [-0.3, -0.25) is 9.69 Å². The van der Waals surface area contributed by atoms with Gasteiger partial charge in [-0.05, 0) is 29.7 Å². The van der Waals surface area contributed by atoms with Gasteiger partial charge in [0.2, 0.25) is 0 Å². The van der Waals surface area contributed by atoms with Gasteiger partial charge in [-0.25, -0.2) is 0 Å². The maximum Gasteiger partial charge on any atom is 0.253 e. The molecular formula is C20H19ClN2O. The lowest BCUT2D eigenvalue weighted by atomic mass is 10.0. The molecule has 1 heterocycles. The van der Waals surface area contributed by atoms with Gasteiger partial charge in [0, 0.05) is 13.1 Å². The molecule has 1 aliphatic heterocycles. The van der Waals surface area contributed by atoms with E-state index in [0.717, 1.165) is 26.1 Å². The Bertz CT molecular complexity index is 791. The number of nitrogens with zero attached hydrogens (tertiary/aromatic N) is 1. The Morgan fingerprint density at radius 3 is 2.67 bits per heavy atom. The highest BCUT2D eigenvalue weighted by atomic mass is 35.5. The van der Waals surface area contributed by atoms with Crippen LogP contribution in [0.4, 0.5) is 0 Å². The molecule has 0 aromatic heterocycles. The third-order valence-electron chi connectivity index (χ3n) is 4.09. The molecule has 4 heteroatoms. The minimum absolute atomic E-state index is 0.193. The standard InChI is InChI=1S/C20H19ClN2O/c21-19-10-4-3-9-18(19)20(24)22-12-5-6-13-23-14-11-16-7-1-2-8-17(16)15-23/h1-4,7-10H,11-15H2,(H,22,24). The van der Waals surface area contributed by atoms with E-state index in [0.29, 0.717) is 17.1 Å². The second kappa shape index (κ2) is 8.01. The maximum absolute atomic E-state index is 12.0. The summed E-state index contributed by atoms with van der Waals surface area (Å²) in [4.78, 5) is 14.3. The van der Waals surface area contributed by atoms with Gasteiger partial charge >= 0.3 is 0 Å². The summed E-state index contributed by atoms with van der Waals surface area (Å²) in [6, 6.07) is 15.6. The molecule has 3 nitrogen and oxygen atoms in total. The van der Waals surface area contributed by atoms with Crippen molar-refractivity contribution in [3.05, 3.63) is 70.2 Å². The first kappa shape index (κ1) is 16.6. The molecule has 3 rings (SSSR count). The topological polar surface area (TPSA) is 32.3 Å². The van der Waals surface area contributed by atoms with Crippen LogP contribution >= 0.6 is 11.6 Å². The molecule has 0 fully saturated rings. The van der Waals surface area contributed by atoms with E-state index in [1.54, 1.807) is 24.3 Å². The van der Waals surface area contributed by atoms with Crippen molar-refractivity contribution in [2.75, 3.05) is 19.6 Å². The summed E-state index contributed by atoms with van der Waals surface area (Å²) in [5, 5.41) is 3.23. The molecule has 0 aliphatic carbocycles. The molecule has 24 heavy (non-hydrogen) atoms. The van der Waals surface area contributed by atoms with Crippen LogP contribution in [0, 0.1) is 11.8 Å². The summed E-state index contributed by atoms with van der Waals surface area (Å²) in [5.41, 5.74) is 3.31. The number of amides is 1. The van der Waals surface area contributed by atoms with Crippen molar-refractivity contribution in [1.82, 2.24) is 10.2 Å². The molecule has 1 amide bonds. The maximum atomic E-state index is 12.0. The number of carbonyl (C=O) groups excluding carboxylic acids is 1. The van der Waals surface area contributed by atoms with Gasteiger partial charge in [-0.2, -0.15) is 0 Å². The molecule has 0 saturated carbocycles. The van der Waals surface area contributed by atoms with Crippen LogP contribution < -0.4 is 5.32 Å². The van der Waals surface area contributed by atoms with Crippen LogP contribution in [0.25, 0.3) is 0 Å². The summed E-state index contributed by atoms with van der Waals surface area (Å²) in [5.74, 6) is 5.95. The van der Waals surface area contributed by atoms with E-state index in [2.05, 4.69) is 46.3 Å². The second-order valence-corrected chi connectivity index (χ2v) is 6.15. The lowest BCUT2D eigenvalue weighted by molar-refractivity contribution is 0.0959. The van der Waals surface area contributed by atoms with Gasteiger partial charge < -0.3 is 5.32 Å². The van der Waals surface area contributed by atoms with Gasteiger partial charge in [-0.1, -0.05) is 59.8 Å². The number of hydrogen-bond donors (Lipinski definition) is 1. The third-order valence-corrected chi connectivity index (χ3v) is 4.42. The Labute approximate surface area is 147 Å². The summed E-state index contributed by atoms with van der Waals surface area (Å²) in [6.07, 6.45) is 1.07. The molecule has 2 aromatic rings. The van der Waals surface area contributed by atoms with Crippen molar-refractivity contribution >= 4 is 17.5 Å². The summed E-state index contributed by atoms with van der Waals surface area (Å²) in [6.45, 7) is 3.01. The number of carbonyl (C=O) groups is 1.